The molecule has 0 radical (unpaired) electrons. The van der Waals surface area contributed by atoms with Crippen molar-refractivity contribution >= 4 is 23.1 Å². The minimum Gasteiger partial charge on any atom is -0.339 e. The number of hydrogen-bond acceptors (Lipinski definition) is 5. The normalized spacial score (nSPS) is 10.4. The van der Waals surface area contributed by atoms with Gasteiger partial charge in [-0.15, -0.1) is 5.10 Å². The molecule has 116 valence electrons. The molecular weight excluding hydrogens is 300 g/mol. The Balaban J connectivity index is 1.81. The molecule has 0 saturated carbocycles. The maximum Gasteiger partial charge on any atom is 0.249 e. The number of rotatable bonds is 4. The third-order valence-corrected chi connectivity index (χ3v) is 3.14. The van der Waals surface area contributed by atoms with Crippen molar-refractivity contribution in [2.75, 3.05) is 10.6 Å². The molecule has 0 saturated heterocycles. The Labute approximate surface area is 131 Å². The molecule has 0 unspecified atom stereocenters. The van der Waals surface area contributed by atoms with Gasteiger partial charge in [-0.1, -0.05) is 18.2 Å². The lowest BCUT2D eigenvalue weighted by Crippen LogP contribution is -2.04. The van der Waals surface area contributed by atoms with E-state index in [1.165, 1.54) is 12.3 Å². The first-order valence-electron chi connectivity index (χ1n) is 6.86. The second-order valence-electron chi connectivity index (χ2n) is 4.85. The van der Waals surface area contributed by atoms with E-state index in [-0.39, 0.29) is 11.6 Å². The molecule has 0 aliphatic rings. The highest BCUT2D eigenvalue weighted by atomic mass is 19.1. The Kier molecular flexibility index (Phi) is 4.09. The molecule has 0 fully saturated rings. The summed E-state index contributed by atoms with van der Waals surface area (Å²) in [7, 11) is 0. The van der Waals surface area contributed by atoms with Gasteiger partial charge >= 0.3 is 0 Å². The van der Waals surface area contributed by atoms with Crippen LogP contribution in [0.3, 0.4) is 0 Å². The van der Waals surface area contributed by atoms with Gasteiger partial charge in [-0.2, -0.15) is 10.1 Å². The van der Waals surface area contributed by atoms with E-state index in [2.05, 4.69) is 25.8 Å². The van der Waals surface area contributed by atoms with Crippen molar-refractivity contribution in [1.82, 2.24) is 15.2 Å². The van der Waals surface area contributed by atoms with Crippen LogP contribution in [0.1, 0.15) is 5.56 Å². The summed E-state index contributed by atoms with van der Waals surface area (Å²) in [6.45, 7) is 1.96. The van der Waals surface area contributed by atoms with E-state index in [1.54, 1.807) is 0 Å². The Morgan fingerprint density at radius 1 is 0.957 bits per heavy atom. The van der Waals surface area contributed by atoms with Crippen molar-refractivity contribution in [1.29, 1.82) is 0 Å². The SMILES string of the molecule is Cc1ccccc1Nc1cnnc(Nc2ccc(F)cc2F)n1. The second kappa shape index (κ2) is 6.35. The summed E-state index contributed by atoms with van der Waals surface area (Å²) in [5.74, 6) is -0.818. The molecular formula is C16H13F2N5. The first-order valence-corrected chi connectivity index (χ1v) is 6.86. The minimum absolute atomic E-state index is 0.0706. The third-order valence-electron chi connectivity index (χ3n) is 3.14. The van der Waals surface area contributed by atoms with Crippen LogP contribution in [0, 0.1) is 18.6 Å². The number of halogens is 2. The van der Waals surface area contributed by atoms with Crippen LogP contribution >= 0.6 is 0 Å². The molecule has 3 aromatic rings. The first kappa shape index (κ1) is 14.8. The topological polar surface area (TPSA) is 62.7 Å². The summed E-state index contributed by atoms with van der Waals surface area (Å²) in [6, 6.07) is 10.9. The van der Waals surface area contributed by atoms with Crippen LogP contribution in [-0.4, -0.2) is 15.2 Å². The van der Waals surface area contributed by atoms with E-state index in [0.717, 1.165) is 23.4 Å². The molecule has 0 atom stereocenters. The van der Waals surface area contributed by atoms with Crippen LogP contribution in [0.4, 0.5) is 31.9 Å². The zero-order valence-corrected chi connectivity index (χ0v) is 12.2. The molecule has 0 aliphatic carbocycles. The standard InChI is InChI=1S/C16H13F2N5/c1-10-4-2-3-5-13(10)20-15-9-19-23-16(22-15)21-14-7-6-11(17)8-12(14)18/h2-9H,1H3,(H2,20,21,22,23). The molecule has 23 heavy (non-hydrogen) atoms. The molecule has 2 aromatic carbocycles. The van der Waals surface area contributed by atoms with E-state index < -0.39 is 11.6 Å². The monoisotopic (exact) mass is 313 g/mol. The number of para-hydroxylation sites is 1. The number of anilines is 4. The Morgan fingerprint density at radius 2 is 1.78 bits per heavy atom. The average Bonchev–Trinajstić information content (AvgIpc) is 2.53. The van der Waals surface area contributed by atoms with E-state index in [9.17, 15) is 8.78 Å². The molecule has 0 aliphatic heterocycles. The van der Waals surface area contributed by atoms with E-state index in [0.29, 0.717) is 5.82 Å². The van der Waals surface area contributed by atoms with Gasteiger partial charge < -0.3 is 10.6 Å². The summed E-state index contributed by atoms with van der Waals surface area (Å²) in [6.07, 6.45) is 1.46. The largest absolute Gasteiger partial charge is 0.339 e. The van der Waals surface area contributed by atoms with Crippen LogP contribution < -0.4 is 10.6 Å². The average molecular weight is 313 g/mol. The van der Waals surface area contributed by atoms with Crippen LogP contribution in [0.5, 0.6) is 0 Å². The molecule has 5 nitrogen and oxygen atoms in total. The van der Waals surface area contributed by atoms with Crippen LogP contribution in [0.25, 0.3) is 0 Å². The summed E-state index contributed by atoms with van der Waals surface area (Å²) in [5.41, 5.74) is 2.00. The molecule has 7 heteroatoms. The van der Waals surface area contributed by atoms with Crippen LogP contribution in [0.2, 0.25) is 0 Å². The van der Waals surface area contributed by atoms with Gasteiger partial charge in [-0.3, -0.25) is 0 Å². The maximum atomic E-state index is 13.6. The van der Waals surface area contributed by atoms with Crippen molar-refractivity contribution in [2.45, 2.75) is 6.92 Å². The van der Waals surface area contributed by atoms with Gasteiger partial charge in [0.1, 0.15) is 11.6 Å². The van der Waals surface area contributed by atoms with Crippen molar-refractivity contribution in [3.63, 3.8) is 0 Å². The van der Waals surface area contributed by atoms with Crippen LogP contribution in [-0.2, 0) is 0 Å². The van der Waals surface area contributed by atoms with Gasteiger partial charge in [0.2, 0.25) is 5.95 Å². The quantitative estimate of drug-likeness (QED) is 0.764. The second-order valence-corrected chi connectivity index (χ2v) is 4.85. The highest BCUT2D eigenvalue weighted by molar-refractivity contribution is 5.61. The number of nitrogens with zero attached hydrogens (tertiary/aromatic N) is 3. The zero-order chi connectivity index (χ0) is 16.2. The number of aromatic nitrogens is 3. The van der Waals surface area contributed by atoms with E-state index in [4.69, 9.17) is 0 Å². The Hall–Kier alpha value is -3.09. The predicted molar refractivity (Wildman–Crippen MR) is 83.9 cm³/mol. The molecule has 0 spiro atoms. The summed E-state index contributed by atoms with van der Waals surface area (Å²) in [4.78, 5) is 4.21. The van der Waals surface area contributed by atoms with E-state index >= 15 is 0 Å². The fourth-order valence-corrected chi connectivity index (χ4v) is 1.98. The molecule has 0 bridgehead atoms. The molecule has 3 rings (SSSR count). The lowest BCUT2D eigenvalue weighted by molar-refractivity contribution is 0.586. The highest BCUT2D eigenvalue weighted by Crippen LogP contribution is 2.21. The number of hydrogen-bond donors (Lipinski definition) is 2. The fraction of sp³-hybridized carbons (Fsp3) is 0.0625. The highest BCUT2D eigenvalue weighted by Gasteiger charge is 2.07. The summed E-state index contributed by atoms with van der Waals surface area (Å²) >= 11 is 0. The number of nitrogens with one attached hydrogen (secondary N) is 2. The van der Waals surface area contributed by atoms with Crippen LogP contribution in [0.15, 0.2) is 48.7 Å². The third kappa shape index (κ3) is 3.57. The van der Waals surface area contributed by atoms with Crippen molar-refractivity contribution in [2.24, 2.45) is 0 Å². The van der Waals surface area contributed by atoms with Gasteiger partial charge in [0.25, 0.3) is 0 Å². The summed E-state index contributed by atoms with van der Waals surface area (Å²) in [5, 5.41) is 13.4. The minimum atomic E-state index is -0.731. The molecule has 1 aromatic heterocycles. The van der Waals surface area contributed by atoms with Gasteiger partial charge in [0.15, 0.2) is 5.82 Å². The first-order chi connectivity index (χ1) is 11.1. The van der Waals surface area contributed by atoms with E-state index in [1.807, 2.05) is 31.2 Å². The molecule has 0 amide bonds. The van der Waals surface area contributed by atoms with Crippen molar-refractivity contribution < 1.29 is 8.78 Å². The van der Waals surface area contributed by atoms with Crippen molar-refractivity contribution in [3.05, 3.63) is 65.9 Å². The Morgan fingerprint density at radius 3 is 2.57 bits per heavy atom. The van der Waals surface area contributed by atoms with Gasteiger partial charge in [-0.05, 0) is 30.7 Å². The zero-order valence-electron chi connectivity index (χ0n) is 12.2. The van der Waals surface area contributed by atoms with Gasteiger partial charge in [-0.25, -0.2) is 8.78 Å². The lowest BCUT2D eigenvalue weighted by atomic mass is 10.2. The molecule has 2 N–H and O–H groups in total. The predicted octanol–water partition coefficient (Wildman–Crippen LogP) is 3.95. The summed E-state index contributed by atoms with van der Waals surface area (Å²) < 4.78 is 26.6. The molecule has 1 heterocycles. The van der Waals surface area contributed by atoms with Crippen molar-refractivity contribution in [3.8, 4) is 0 Å². The number of benzene rings is 2. The lowest BCUT2D eigenvalue weighted by Gasteiger charge is -2.10. The Bertz CT molecular complexity index is 838. The smallest absolute Gasteiger partial charge is 0.249 e. The fourth-order valence-electron chi connectivity index (χ4n) is 1.98. The van der Waals surface area contributed by atoms with Gasteiger partial charge in [0.05, 0.1) is 11.9 Å². The number of aryl methyl sites for hydroxylation is 1. The maximum absolute atomic E-state index is 13.6. The van der Waals surface area contributed by atoms with Gasteiger partial charge in [0, 0.05) is 11.8 Å².